The van der Waals surface area contributed by atoms with Gasteiger partial charge in [-0.2, -0.15) is 0 Å². The molecule has 2 aromatic carbocycles. The molecule has 2 aliphatic heterocycles. The summed E-state index contributed by atoms with van der Waals surface area (Å²) in [6.07, 6.45) is 4.62. The number of rotatable bonds is 4. The Morgan fingerprint density at radius 3 is 2.63 bits per heavy atom. The van der Waals surface area contributed by atoms with Gasteiger partial charge in [-0.15, -0.1) is 0 Å². The maximum Gasteiger partial charge on any atom is 0.337 e. The highest BCUT2D eigenvalue weighted by Gasteiger charge is 2.46. The van der Waals surface area contributed by atoms with Crippen LogP contribution in [0.3, 0.4) is 0 Å². The van der Waals surface area contributed by atoms with Gasteiger partial charge >= 0.3 is 5.97 Å². The van der Waals surface area contributed by atoms with Crippen LogP contribution in [0.4, 0.5) is 5.69 Å². The summed E-state index contributed by atoms with van der Waals surface area (Å²) in [4.78, 5) is 20.2. The van der Waals surface area contributed by atoms with E-state index < -0.39 is 11.0 Å². The molecule has 1 unspecified atom stereocenters. The topological polar surface area (TPSA) is 51.1 Å². The lowest BCUT2D eigenvalue weighted by Crippen LogP contribution is -2.43. The highest BCUT2D eigenvalue weighted by Crippen LogP contribution is 2.48. The number of carbonyl (C=O) groups excluding carboxylic acids is 1. The van der Waals surface area contributed by atoms with Crippen molar-refractivity contribution in [2.45, 2.75) is 44.8 Å². The highest BCUT2D eigenvalue weighted by atomic mass is 16.6. The normalized spacial score (nSPS) is 20.1. The van der Waals surface area contributed by atoms with Crippen molar-refractivity contribution in [3.63, 3.8) is 0 Å². The van der Waals surface area contributed by atoms with Crippen molar-refractivity contribution < 1.29 is 14.3 Å². The van der Waals surface area contributed by atoms with E-state index in [-0.39, 0.29) is 5.97 Å². The van der Waals surface area contributed by atoms with E-state index in [1.54, 1.807) is 7.11 Å². The molecule has 0 saturated carbocycles. The monoisotopic (exact) mass is 404 g/mol. The van der Waals surface area contributed by atoms with Crippen LogP contribution in [0.5, 0.6) is 5.75 Å². The van der Waals surface area contributed by atoms with E-state index in [1.807, 2.05) is 69.6 Å². The van der Waals surface area contributed by atoms with Crippen LogP contribution in [0.2, 0.25) is 0 Å². The molecule has 4 rings (SSSR count). The van der Waals surface area contributed by atoms with Crippen molar-refractivity contribution >= 4 is 17.9 Å². The van der Waals surface area contributed by atoms with Crippen molar-refractivity contribution in [2.24, 2.45) is 4.99 Å². The predicted molar refractivity (Wildman–Crippen MR) is 118 cm³/mol. The minimum atomic E-state index is -0.598. The number of aliphatic imine (C=N–C) groups is 1. The van der Waals surface area contributed by atoms with Crippen LogP contribution in [0.25, 0.3) is 0 Å². The molecule has 0 N–H and O–H groups in total. The van der Waals surface area contributed by atoms with Crippen molar-refractivity contribution in [2.75, 3.05) is 13.7 Å². The SMILES string of the molecule is COc1ccc2c(c1)C1(C=N2)CCN(Cc2ccccc2)C=C1C(=O)OC(C)(C)C. The van der Waals surface area contributed by atoms with Crippen LogP contribution in [0.15, 0.2) is 65.3 Å². The van der Waals surface area contributed by atoms with Gasteiger partial charge in [-0.3, -0.25) is 4.99 Å². The van der Waals surface area contributed by atoms with Gasteiger partial charge in [-0.1, -0.05) is 30.3 Å². The fraction of sp³-hybridized carbons (Fsp3) is 0.360. The summed E-state index contributed by atoms with van der Waals surface area (Å²) in [6, 6.07) is 16.1. The Labute approximate surface area is 178 Å². The molecule has 5 nitrogen and oxygen atoms in total. The van der Waals surface area contributed by atoms with E-state index in [4.69, 9.17) is 9.47 Å². The second-order valence-corrected chi connectivity index (χ2v) is 8.86. The van der Waals surface area contributed by atoms with E-state index in [9.17, 15) is 4.79 Å². The lowest BCUT2D eigenvalue weighted by Gasteiger charge is -2.38. The molecular formula is C25H28N2O3. The predicted octanol–water partition coefficient (Wildman–Crippen LogP) is 4.78. The van der Waals surface area contributed by atoms with Crippen molar-refractivity contribution in [3.8, 4) is 5.75 Å². The molecule has 0 saturated heterocycles. The smallest absolute Gasteiger partial charge is 0.337 e. The number of nitrogens with zero attached hydrogens (tertiary/aromatic N) is 2. The van der Waals surface area contributed by atoms with Gasteiger partial charge in [0.1, 0.15) is 11.4 Å². The molecule has 2 aromatic rings. The van der Waals surface area contributed by atoms with Gasteiger partial charge < -0.3 is 14.4 Å². The molecule has 2 heterocycles. The number of hydrogen-bond acceptors (Lipinski definition) is 5. The Hall–Kier alpha value is -3.08. The zero-order valence-corrected chi connectivity index (χ0v) is 18.0. The molecule has 1 spiro atoms. The first-order valence-electron chi connectivity index (χ1n) is 10.3. The Bertz CT molecular complexity index is 1000. The Balaban J connectivity index is 1.75. The summed E-state index contributed by atoms with van der Waals surface area (Å²) in [6.45, 7) is 7.22. The molecule has 0 amide bonds. The first-order chi connectivity index (χ1) is 14.3. The number of carbonyl (C=O) groups is 1. The van der Waals surface area contributed by atoms with Gasteiger partial charge in [0.05, 0.1) is 23.8 Å². The Morgan fingerprint density at radius 2 is 1.93 bits per heavy atom. The zero-order chi connectivity index (χ0) is 21.4. The summed E-state index contributed by atoms with van der Waals surface area (Å²) in [7, 11) is 1.65. The number of esters is 1. The molecule has 156 valence electrons. The minimum absolute atomic E-state index is 0.303. The average Bonchev–Trinajstić information content (AvgIpc) is 3.07. The van der Waals surface area contributed by atoms with Crippen molar-refractivity contribution in [1.82, 2.24) is 4.90 Å². The third-order valence-corrected chi connectivity index (χ3v) is 5.54. The molecular weight excluding hydrogens is 376 g/mol. The molecule has 2 aliphatic rings. The van der Waals surface area contributed by atoms with Gasteiger partial charge in [-0.25, -0.2) is 4.79 Å². The average molecular weight is 405 g/mol. The minimum Gasteiger partial charge on any atom is -0.497 e. The Kier molecular flexibility index (Phi) is 5.14. The van der Waals surface area contributed by atoms with Gasteiger partial charge in [0.2, 0.25) is 0 Å². The molecule has 0 aromatic heterocycles. The third-order valence-electron chi connectivity index (χ3n) is 5.54. The first-order valence-corrected chi connectivity index (χ1v) is 10.3. The van der Waals surface area contributed by atoms with Gasteiger partial charge in [0.25, 0.3) is 0 Å². The van der Waals surface area contributed by atoms with E-state index in [1.165, 1.54) is 5.56 Å². The van der Waals surface area contributed by atoms with Crippen molar-refractivity contribution in [3.05, 3.63) is 71.4 Å². The lowest BCUT2D eigenvalue weighted by molar-refractivity contribution is -0.150. The number of methoxy groups -OCH3 is 1. The van der Waals surface area contributed by atoms with Crippen LogP contribution in [0.1, 0.15) is 38.3 Å². The summed E-state index contributed by atoms with van der Waals surface area (Å²) in [5, 5.41) is 0. The van der Waals surface area contributed by atoms with Crippen LogP contribution < -0.4 is 4.74 Å². The van der Waals surface area contributed by atoms with Crippen molar-refractivity contribution in [1.29, 1.82) is 0 Å². The van der Waals surface area contributed by atoms with E-state index in [0.717, 1.165) is 36.5 Å². The maximum absolute atomic E-state index is 13.3. The molecule has 0 radical (unpaired) electrons. The summed E-state index contributed by atoms with van der Waals surface area (Å²) < 4.78 is 11.3. The Morgan fingerprint density at radius 1 is 1.17 bits per heavy atom. The fourth-order valence-corrected chi connectivity index (χ4v) is 4.10. The standard InChI is InChI=1S/C25H28N2O3/c1-24(2,3)30-23(28)21-16-27(15-18-8-6-5-7-9-18)13-12-25(21)17-26-22-11-10-19(29-4)14-20(22)25/h5-11,14,16-17H,12-13,15H2,1-4H3. The van der Waals surface area contributed by atoms with Gasteiger partial charge in [0, 0.05) is 25.5 Å². The quantitative estimate of drug-likeness (QED) is 0.688. The molecule has 5 heteroatoms. The molecule has 30 heavy (non-hydrogen) atoms. The number of hydrogen-bond donors (Lipinski definition) is 0. The number of benzene rings is 2. The second kappa shape index (κ2) is 7.63. The van der Waals surface area contributed by atoms with Crippen LogP contribution >= 0.6 is 0 Å². The largest absolute Gasteiger partial charge is 0.497 e. The van der Waals surface area contributed by atoms with Crippen LogP contribution in [-0.2, 0) is 21.5 Å². The fourth-order valence-electron chi connectivity index (χ4n) is 4.10. The first kappa shape index (κ1) is 20.2. The molecule has 1 atom stereocenters. The van der Waals surface area contributed by atoms with E-state index >= 15 is 0 Å². The van der Waals surface area contributed by atoms with Crippen LogP contribution in [0, 0.1) is 0 Å². The van der Waals surface area contributed by atoms with Crippen LogP contribution in [-0.4, -0.2) is 36.3 Å². The van der Waals surface area contributed by atoms with E-state index in [2.05, 4.69) is 22.0 Å². The molecule has 0 fully saturated rings. The zero-order valence-electron chi connectivity index (χ0n) is 18.0. The van der Waals surface area contributed by atoms with E-state index in [0.29, 0.717) is 5.57 Å². The summed E-state index contributed by atoms with van der Waals surface area (Å²) in [5.74, 6) is 0.455. The lowest BCUT2D eigenvalue weighted by atomic mass is 9.71. The molecule has 0 bridgehead atoms. The highest BCUT2D eigenvalue weighted by molar-refractivity contribution is 6.03. The van der Waals surface area contributed by atoms with Gasteiger partial charge in [-0.05, 0) is 56.5 Å². The number of fused-ring (bicyclic) bond motifs is 2. The van der Waals surface area contributed by atoms with Gasteiger partial charge in [0.15, 0.2) is 0 Å². The third kappa shape index (κ3) is 3.84. The maximum atomic E-state index is 13.3. The second-order valence-electron chi connectivity index (χ2n) is 8.86. The number of ether oxygens (including phenoxy) is 2. The summed E-state index contributed by atoms with van der Waals surface area (Å²) >= 11 is 0. The summed E-state index contributed by atoms with van der Waals surface area (Å²) in [5.41, 5.74) is 2.53. The molecule has 0 aliphatic carbocycles.